The first-order valence-electron chi connectivity index (χ1n) is 8.47. The van der Waals surface area contributed by atoms with Gasteiger partial charge in [0.05, 0.1) is 6.07 Å². The largest absolute Gasteiger partial charge is 0.300 e. The molecule has 0 amide bonds. The number of nitrogens with one attached hydrogen (secondary N) is 1. The average molecular weight is 277 g/mol. The third kappa shape index (κ3) is 3.74. The van der Waals surface area contributed by atoms with Crippen molar-refractivity contribution in [1.29, 1.82) is 5.26 Å². The smallest absolute Gasteiger partial charge is 0.108 e. The summed E-state index contributed by atoms with van der Waals surface area (Å²) in [6.45, 7) is 4.28. The summed E-state index contributed by atoms with van der Waals surface area (Å²) in [6, 6.07) is 4.29. The standard InChI is InChI=1S/C17H31N3/c1-14(2)19-17(13-18)11-10-16(12-17)20(3)15-8-6-4-5-7-9-15/h14-16,19H,4-12H2,1-3H3. The van der Waals surface area contributed by atoms with Gasteiger partial charge in [-0.1, -0.05) is 25.7 Å². The zero-order valence-corrected chi connectivity index (χ0v) is 13.5. The van der Waals surface area contributed by atoms with Crippen LogP contribution >= 0.6 is 0 Å². The van der Waals surface area contributed by atoms with Gasteiger partial charge in [0.25, 0.3) is 0 Å². The molecule has 2 rings (SSSR count). The van der Waals surface area contributed by atoms with E-state index >= 15 is 0 Å². The molecule has 3 heteroatoms. The van der Waals surface area contributed by atoms with Crippen LogP contribution in [-0.2, 0) is 0 Å². The van der Waals surface area contributed by atoms with Crippen molar-refractivity contribution in [2.24, 2.45) is 0 Å². The first-order chi connectivity index (χ1) is 9.56. The van der Waals surface area contributed by atoms with Crippen LogP contribution < -0.4 is 5.32 Å². The molecular weight excluding hydrogens is 246 g/mol. The van der Waals surface area contributed by atoms with Crippen LogP contribution in [0.5, 0.6) is 0 Å². The van der Waals surface area contributed by atoms with Crippen LogP contribution in [0.15, 0.2) is 0 Å². The highest BCUT2D eigenvalue weighted by Gasteiger charge is 2.42. The maximum atomic E-state index is 9.59. The number of nitriles is 1. The summed E-state index contributed by atoms with van der Waals surface area (Å²) in [6.07, 6.45) is 11.5. The van der Waals surface area contributed by atoms with Gasteiger partial charge in [0.2, 0.25) is 0 Å². The van der Waals surface area contributed by atoms with E-state index in [0.29, 0.717) is 12.1 Å². The number of rotatable bonds is 4. The van der Waals surface area contributed by atoms with Crippen LogP contribution in [-0.4, -0.2) is 35.6 Å². The highest BCUT2D eigenvalue weighted by atomic mass is 15.2. The predicted octanol–water partition coefficient (Wildman–Crippen LogP) is 3.45. The van der Waals surface area contributed by atoms with E-state index in [2.05, 4.69) is 37.2 Å². The molecule has 0 aromatic carbocycles. The van der Waals surface area contributed by atoms with Crippen molar-refractivity contribution in [3.8, 4) is 6.07 Å². The summed E-state index contributed by atoms with van der Waals surface area (Å²) < 4.78 is 0. The molecule has 2 fully saturated rings. The second kappa shape index (κ2) is 6.91. The van der Waals surface area contributed by atoms with Gasteiger partial charge in [-0.2, -0.15) is 5.26 Å². The van der Waals surface area contributed by atoms with Gasteiger partial charge in [-0.3, -0.25) is 5.32 Å². The lowest BCUT2D eigenvalue weighted by molar-refractivity contribution is 0.154. The Morgan fingerprint density at radius 1 is 1.10 bits per heavy atom. The van der Waals surface area contributed by atoms with Gasteiger partial charge in [0.1, 0.15) is 5.54 Å². The molecule has 0 radical (unpaired) electrons. The molecule has 2 aliphatic carbocycles. The van der Waals surface area contributed by atoms with E-state index in [-0.39, 0.29) is 5.54 Å². The molecule has 0 saturated heterocycles. The lowest BCUT2D eigenvalue weighted by atomic mass is 9.97. The van der Waals surface area contributed by atoms with E-state index < -0.39 is 0 Å². The molecule has 2 atom stereocenters. The fourth-order valence-corrected chi connectivity index (χ4v) is 4.15. The zero-order chi connectivity index (χ0) is 14.6. The highest BCUT2D eigenvalue weighted by Crippen LogP contribution is 2.35. The van der Waals surface area contributed by atoms with Crippen molar-refractivity contribution in [2.75, 3.05) is 7.05 Å². The minimum Gasteiger partial charge on any atom is -0.300 e. The molecule has 0 aromatic heterocycles. The predicted molar refractivity (Wildman–Crippen MR) is 83.5 cm³/mol. The Hall–Kier alpha value is -0.590. The topological polar surface area (TPSA) is 39.1 Å². The molecule has 20 heavy (non-hydrogen) atoms. The van der Waals surface area contributed by atoms with Crippen molar-refractivity contribution in [1.82, 2.24) is 10.2 Å². The van der Waals surface area contributed by atoms with Crippen LogP contribution in [0.2, 0.25) is 0 Å². The maximum Gasteiger partial charge on any atom is 0.108 e. The Kier molecular flexibility index (Phi) is 5.46. The maximum absolute atomic E-state index is 9.59. The summed E-state index contributed by atoms with van der Waals surface area (Å²) in [7, 11) is 2.30. The Morgan fingerprint density at radius 2 is 1.75 bits per heavy atom. The zero-order valence-electron chi connectivity index (χ0n) is 13.5. The van der Waals surface area contributed by atoms with E-state index in [4.69, 9.17) is 0 Å². The van der Waals surface area contributed by atoms with E-state index in [1.807, 2.05) is 0 Å². The van der Waals surface area contributed by atoms with Gasteiger partial charge in [-0.15, -0.1) is 0 Å². The highest BCUT2D eigenvalue weighted by molar-refractivity contribution is 5.14. The molecule has 2 unspecified atom stereocenters. The summed E-state index contributed by atoms with van der Waals surface area (Å²) in [5, 5.41) is 13.1. The summed E-state index contributed by atoms with van der Waals surface area (Å²) in [5.41, 5.74) is -0.280. The number of hydrogen-bond donors (Lipinski definition) is 1. The van der Waals surface area contributed by atoms with Crippen LogP contribution in [0.4, 0.5) is 0 Å². The van der Waals surface area contributed by atoms with Crippen LogP contribution in [0.3, 0.4) is 0 Å². The van der Waals surface area contributed by atoms with Crippen LogP contribution in [0.25, 0.3) is 0 Å². The van der Waals surface area contributed by atoms with Crippen molar-refractivity contribution in [3.63, 3.8) is 0 Å². The number of nitrogens with zero attached hydrogens (tertiary/aromatic N) is 2. The quantitative estimate of drug-likeness (QED) is 0.800. The van der Waals surface area contributed by atoms with E-state index in [9.17, 15) is 5.26 Å². The van der Waals surface area contributed by atoms with Crippen molar-refractivity contribution in [2.45, 2.75) is 95.3 Å². The second-order valence-electron chi connectivity index (χ2n) is 7.20. The molecule has 2 aliphatic rings. The third-order valence-electron chi connectivity index (χ3n) is 5.24. The molecule has 2 saturated carbocycles. The van der Waals surface area contributed by atoms with E-state index in [0.717, 1.165) is 18.9 Å². The van der Waals surface area contributed by atoms with Gasteiger partial charge in [-0.05, 0) is 53.0 Å². The monoisotopic (exact) mass is 277 g/mol. The molecule has 0 bridgehead atoms. The van der Waals surface area contributed by atoms with Crippen molar-refractivity contribution >= 4 is 0 Å². The lowest BCUT2D eigenvalue weighted by Crippen LogP contribution is -2.47. The molecule has 1 N–H and O–H groups in total. The molecule has 114 valence electrons. The average Bonchev–Trinajstić information content (AvgIpc) is 2.65. The molecular formula is C17H31N3. The fourth-order valence-electron chi connectivity index (χ4n) is 4.15. The summed E-state index contributed by atoms with van der Waals surface area (Å²) >= 11 is 0. The third-order valence-corrected chi connectivity index (χ3v) is 5.24. The Bertz CT molecular complexity index is 339. The molecule has 0 spiro atoms. The normalized spacial score (nSPS) is 32.5. The molecule has 0 heterocycles. The lowest BCUT2D eigenvalue weighted by Gasteiger charge is -2.34. The van der Waals surface area contributed by atoms with Crippen molar-refractivity contribution < 1.29 is 0 Å². The minimum atomic E-state index is -0.280. The summed E-state index contributed by atoms with van der Waals surface area (Å²) in [4.78, 5) is 2.60. The molecule has 0 aliphatic heterocycles. The van der Waals surface area contributed by atoms with Crippen LogP contribution in [0, 0.1) is 11.3 Å². The minimum absolute atomic E-state index is 0.280. The number of hydrogen-bond acceptors (Lipinski definition) is 3. The second-order valence-corrected chi connectivity index (χ2v) is 7.20. The Balaban J connectivity index is 1.95. The first-order valence-corrected chi connectivity index (χ1v) is 8.47. The van der Waals surface area contributed by atoms with E-state index in [1.54, 1.807) is 0 Å². The molecule has 3 nitrogen and oxygen atoms in total. The van der Waals surface area contributed by atoms with Gasteiger partial charge >= 0.3 is 0 Å². The Labute approximate surface area is 124 Å². The SMILES string of the molecule is CC(C)NC1(C#N)CCC(N(C)C2CCCCCC2)C1. The van der Waals surface area contributed by atoms with E-state index in [1.165, 1.54) is 44.9 Å². The fraction of sp³-hybridized carbons (Fsp3) is 0.941. The van der Waals surface area contributed by atoms with Crippen molar-refractivity contribution in [3.05, 3.63) is 0 Å². The van der Waals surface area contributed by atoms with Gasteiger partial charge < -0.3 is 4.90 Å². The van der Waals surface area contributed by atoms with Gasteiger partial charge in [0.15, 0.2) is 0 Å². The summed E-state index contributed by atoms with van der Waals surface area (Å²) in [5.74, 6) is 0. The Morgan fingerprint density at radius 3 is 2.30 bits per heavy atom. The van der Waals surface area contributed by atoms with Gasteiger partial charge in [-0.25, -0.2) is 0 Å². The molecule has 0 aromatic rings. The van der Waals surface area contributed by atoms with Crippen LogP contribution in [0.1, 0.15) is 71.6 Å². The van der Waals surface area contributed by atoms with Gasteiger partial charge in [0, 0.05) is 18.1 Å². The first kappa shape index (κ1) is 15.8.